The van der Waals surface area contributed by atoms with Crippen LogP contribution in [0.2, 0.25) is 0 Å². The minimum absolute atomic E-state index is 0.270. The molecule has 0 radical (unpaired) electrons. The molecule has 0 fully saturated rings. The number of aromatic nitrogens is 4. The van der Waals surface area contributed by atoms with Crippen LogP contribution in [-0.2, 0) is 7.05 Å². The van der Waals surface area contributed by atoms with E-state index in [2.05, 4.69) is 26.7 Å². The van der Waals surface area contributed by atoms with E-state index in [0.717, 1.165) is 22.2 Å². The van der Waals surface area contributed by atoms with Crippen molar-refractivity contribution in [2.24, 2.45) is 7.05 Å². The molecule has 6 nitrogen and oxygen atoms in total. The maximum atomic E-state index is 9.22. The molecule has 98 valence electrons. The molecule has 0 aliphatic carbocycles. The van der Waals surface area contributed by atoms with Crippen molar-refractivity contribution in [3.05, 3.63) is 41.9 Å². The topological polar surface area (TPSA) is 79.4 Å². The first kappa shape index (κ1) is 12.1. The first-order valence-corrected chi connectivity index (χ1v) is 6.10. The third-order valence-electron chi connectivity index (χ3n) is 3.00. The van der Waals surface area contributed by atoms with Crippen molar-refractivity contribution in [2.75, 3.05) is 5.32 Å². The molecule has 0 spiro atoms. The van der Waals surface area contributed by atoms with Gasteiger partial charge in [0.25, 0.3) is 0 Å². The number of fused-ring (bicyclic) bond motifs is 1. The highest BCUT2D eigenvalue weighted by Gasteiger charge is 2.11. The van der Waals surface area contributed by atoms with E-state index in [0.29, 0.717) is 5.69 Å². The SMILES string of the molecule is Cc1ccc2nnc(C#N)c(Nc3cnn(C)c3)c2c1. The minimum Gasteiger partial charge on any atom is -0.350 e. The van der Waals surface area contributed by atoms with Crippen LogP contribution >= 0.6 is 0 Å². The van der Waals surface area contributed by atoms with Gasteiger partial charge in [0.05, 0.1) is 23.1 Å². The summed E-state index contributed by atoms with van der Waals surface area (Å²) in [6.45, 7) is 2.00. The quantitative estimate of drug-likeness (QED) is 0.768. The number of hydrogen-bond acceptors (Lipinski definition) is 5. The number of nitriles is 1. The first-order valence-electron chi connectivity index (χ1n) is 6.10. The highest BCUT2D eigenvalue weighted by molar-refractivity contribution is 5.95. The normalized spacial score (nSPS) is 10.4. The smallest absolute Gasteiger partial charge is 0.187 e. The molecule has 0 aliphatic heterocycles. The van der Waals surface area contributed by atoms with Gasteiger partial charge in [-0.3, -0.25) is 4.68 Å². The van der Waals surface area contributed by atoms with E-state index in [1.54, 1.807) is 10.9 Å². The van der Waals surface area contributed by atoms with Crippen molar-refractivity contribution >= 4 is 22.3 Å². The summed E-state index contributed by atoms with van der Waals surface area (Å²) >= 11 is 0. The Morgan fingerprint density at radius 1 is 1.30 bits per heavy atom. The van der Waals surface area contributed by atoms with E-state index in [1.165, 1.54) is 0 Å². The average molecular weight is 264 g/mol. The van der Waals surface area contributed by atoms with E-state index in [1.807, 2.05) is 38.4 Å². The van der Waals surface area contributed by atoms with E-state index in [-0.39, 0.29) is 5.69 Å². The molecular formula is C14H12N6. The van der Waals surface area contributed by atoms with Gasteiger partial charge in [-0.25, -0.2) is 0 Å². The molecular weight excluding hydrogens is 252 g/mol. The second-order valence-corrected chi connectivity index (χ2v) is 4.58. The maximum absolute atomic E-state index is 9.22. The lowest BCUT2D eigenvalue weighted by Gasteiger charge is -2.09. The lowest BCUT2D eigenvalue weighted by Crippen LogP contribution is -1.99. The predicted molar refractivity (Wildman–Crippen MR) is 75.5 cm³/mol. The van der Waals surface area contributed by atoms with Gasteiger partial charge in [-0.05, 0) is 19.1 Å². The second-order valence-electron chi connectivity index (χ2n) is 4.58. The Kier molecular flexibility index (Phi) is 2.80. The fourth-order valence-corrected chi connectivity index (χ4v) is 2.05. The number of nitrogens with zero attached hydrogens (tertiary/aromatic N) is 5. The summed E-state index contributed by atoms with van der Waals surface area (Å²) < 4.78 is 1.69. The van der Waals surface area contributed by atoms with Crippen LogP contribution in [0.15, 0.2) is 30.6 Å². The van der Waals surface area contributed by atoms with Gasteiger partial charge in [0.1, 0.15) is 6.07 Å². The van der Waals surface area contributed by atoms with Gasteiger partial charge in [0, 0.05) is 18.6 Å². The van der Waals surface area contributed by atoms with Crippen LogP contribution in [0, 0.1) is 18.3 Å². The highest BCUT2D eigenvalue weighted by Crippen LogP contribution is 2.27. The van der Waals surface area contributed by atoms with Gasteiger partial charge in [0.2, 0.25) is 0 Å². The zero-order valence-electron chi connectivity index (χ0n) is 11.1. The van der Waals surface area contributed by atoms with Crippen molar-refractivity contribution in [2.45, 2.75) is 6.92 Å². The molecule has 0 unspecified atom stereocenters. The Balaban J connectivity index is 2.20. The molecule has 0 saturated heterocycles. The molecule has 0 saturated carbocycles. The summed E-state index contributed by atoms with van der Waals surface area (Å²) in [5, 5.41) is 25.4. The lowest BCUT2D eigenvalue weighted by molar-refractivity contribution is 0.768. The number of anilines is 2. The van der Waals surface area contributed by atoms with E-state index in [9.17, 15) is 5.26 Å². The van der Waals surface area contributed by atoms with Gasteiger partial charge in [-0.15, -0.1) is 10.2 Å². The van der Waals surface area contributed by atoms with Gasteiger partial charge in [-0.2, -0.15) is 10.4 Å². The van der Waals surface area contributed by atoms with Crippen LogP contribution in [-0.4, -0.2) is 20.0 Å². The number of hydrogen-bond donors (Lipinski definition) is 1. The molecule has 0 amide bonds. The largest absolute Gasteiger partial charge is 0.350 e. The fourth-order valence-electron chi connectivity index (χ4n) is 2.05. The van der Waals surface area contributed by atoms with Crippen molar-refractivity contribution < 1.29 is 0 Å². The number of rotatable bonds is 2. The molecule has 2 aromatic heterocycles. The van der Waals surface area contributed by atoms with E-state index < -0.39 is 0 Å². The summed E-state index contributed by atoms with van der Waals surface area (Å²) in [6, 6.07) is 7.93. The van der Waals surface area contributed by atoms with Gasteiger partial charge in [-0.1, -0.05) is 11.6 Å². The lowest BCUT2D eigenvalue weighted by atomic mass is 10.1. The molecule has 20 heavy (non-hydrogen) atoms. The average Bonchev–Trinajstić information content (AvgIpc) is 2.85. The zero-order chi connectivity index (χ0) is 14.1. The number of nitrogens with one attached hydrogen (secondary N) is 1. The third-order valence-corrected chi connectivity index (χ3v) is 3.00. The summed E-state index contributed by atoms with van der Waals surface area (Å²) in [5.74, 6) is 0. The van der Waals surface area contributed by atoms with Crippen LogP contribution in [0.4, 0.5) is 11.4 Å². The Bertz CT molecular complexity index is 827. The fraction of sp³-hybridized carbons (Fsp3) is 0.143. The van der Waals surface area contributed by atoms with E-state index >= 15 is 0 Å². The Morgan fingerprint density at radius 3 is 2.85 bits per heavy atom. The van der Waals surface area contributed by atoms with Crippen LogP contribution in [0.5, 0.6) is 0 Å². The molecule has 2 heterocycles. The number of benzene rings is 1. The van der Waals surface area contributed by atoms with E-state index in [4.69, 9.17) is 0 Å². The van der Waals surface area contributed by atoms with Gasteiger partial charge in [0.15, 0.2) is 5.69 Å². The van der Waals surface area contributed by atoms with Crippen LogP contribution in [0.3, 0.4) is 0 Å². The van der Waals surface area contributed by atoms with Crippen molar-refractivity contribution in [3.8, 4) is 6.07 Å². The van der Waals surface area contributed by atoms with Crippen molar-refractivity contribution in [1.29, 1.82) is 5.26 Å². The van der Waals surface area contributed by atoms with Crippen LogP contribution in [0.1, 0.15) is 11.3 Å². The number of aryl methyl sites for hydroxylation is 2. The van der Waals surface area contributed by atoms with Crippen LogP contribution in [0.25, 0.3) is 10.9 Å². The Labute approximate surface area is 115 Å². The first-order chi connectivity index (χ1) is 9.67. The summed E-state index contributed by atoms with van der Waals surface area (Å²) in [4.78, 5) is 0. The summed E-state index contributed by atoms with van der Waals surface area (Å²) in [7, 11) is 1.84. The third kappa shape index (κ3) is 2.06. The molecule has 0 bridgehead atoms. The highest BCUT2D eigenvalue weighted by atomic mass is 15.3. The monoisotopic (exact) mass is 264 g/mol. The summed E-state index contributed by atoms with van der Waals surface area (Å²) in [5.41, 5.74) is 3.59. The predicted octanol–water partition coefficient (Wildman–Crippen LogP) is 2.29. The molecule has 1 aromatic carbocycles. The zero-order valence-corrected chi connectivity index (χ0v) is 11.1. The molecule has 1 N–H and O–H groups in total. The Hall–Kier alpha value is -2.94. The van der Waals surface area contributed by atoms with Crippen molar-refractivity contribution in [1.82, 2.24) is 20.0 Å². The minimum atomic E-state index is 0.270. The summed E-state index contributed by atoms with van der Waals surface area (Å²) in [6.07, 6.45) is 3.53. The van der Waals surface area contributed by atoms with Crippen LogP contribution < -0.4 is 5.32 Å². The molecule has 3 rings (SSSR count). The van der Waals surface area contributed by atoms with Gasteiger partial charge >= 0.3 is 0 Å². The molecule has 6 heteroatoms. The Morgan fingerprint density at radius 2 is 2.15 bits per heavy atom. The maximum Gasteiger partial charge on any atom is 0.187 e. The molecule has 3 aromatic rings. The van der Waals surface area contributed by atoms with Gasteiger partial charge < -0.3 is 5.32 Å². The molecule has 0 aliphatic rings. The molecule has 0 atom stereocenters. The standard InChI is InChI=1S/C14H12N6/c1-9-3-4-12-11(5-9)14(13(6-15)19-18-12)17-10-7-16-20(2)8-10/h3-5,7-8H,1-2H3,(H,17,18). The second kappa shape index (κ2) is 4.63. The van der Waals surface area contributed by atoms with Crippen molar-refractivity contribution in [3.63, 3.8) is 0 Å².